The van der Waals surface area contributed by atoms with Gasteiger partial charge in [-0.05, 0) is 43.7 Å². The molecule has 8 nitrogen and oxygen atoms in total. The van der Waals surface area contributed by atoms with Crippen molar-refractivity contribution in [1.29, 1.82) is 0 Å². The number of rotatable bonds is 6. The second-order valence-electron chi connectivity index (χ2n) is 8.69. The van der Waals surface area contributed by atoms with Crippen molar-refractivity contribution < 1.29 is 32.9 Å². The van der Waals surface area contributed by atoms with E-state index in [0.717, 1.165) is 11.4 Å². The number of alkyl halides is 2. The van der Waals surface area contributed by atoms with Gasteiger partial charge < -0.3 is 29.1 Å². The van der Waals surface area contributed by atoms with E-state index in [4.69, 9.17) is 4.74 Å². The van der Waals surface area contributed by atoms with Gasteiger partial charge in [-0.2, -0.15) is 0 Å². The molecule has 4 rings (SSSR count). The summed E-state index contributed by atoms with van der Waals surface area (Å²) in [5, 5.41) is 10.5. The number of anilines is 1. The van der Waals surface area contributed by atoms with Gasteiger partial charge >= 0.3 is 6.29 Å². The zero-order chi connectivity index (χ0) is 24.5. The quantitative estimate of drug-likeness (QED) is 0.643. The third kappa shape index (κ3) is 5.28. The van der Waals surface area contributed by atoms with Gasteiger partial charge in [-0.1, -0.05) is 12.1 Å². The van der Waals surface area contributed by atoms with E-state index in [1.165, 1.54) is 18.2 Å². The largest absolute Gasteiger partial charge is 0.586 e. The number of nitrogens with zero attached hydrogens (tertiary/aromatic N) is 3. The number of carbonyl (C=O) groups is 1. The second-order valence-corrected chi connectivity index (χ2v) is 8.69. The van der Waals surface area contributed by atoms with E-state index in [1.807, 2.05) is 12.1 Å². The maximum atomic E-state index is 13.2. The number of aliphatic hydroxyl groups is 1. The Labute approximate surface area is 196 Å². The van der Waals surface area contributed by atoms with Gasteiger partial charge in [-0.15, -0.1) is 8.78 Å². The Kier molecular flexibility index (Phi) is 6.46. The van der Waals surface area contributed by atoms with Crippen LogP contribution >= 0.6 is 0 Å². The Morgan fingerprint density at radius 1 is 1.18 bits per heavy atom. The van der Waals surface area contributed by atoms with E-state index in [2.05, 4.69) is 19.4 Å². The second kappa shape index (κ2) is 9.19. The van der Waals surface area contributed by atoms with Crippen LogP contribution in [-0.4, -0.2) is 60.5 Å². The molecule has 0 aliphatic carbocycles. The standard InChI is InChI=1S/C24H27F2N3O5/c1-23(2,31)22-17(15-32-3)6-8-20(27-22)28-10-12-29(13-11-28)21(30)9-5-16-4-7-18-19(14-16)34-24(25,26)33-18/h4-9,14,31H,10-13,15H2,1-3H3/b9-5+. The topological polar surface area (TPSA) is 84.4 Å². The Bertz CT molecular complexity index is 1090. The van der Waals surface area contributed by atoms with Gasteiger partial charge in [0.05, 0.1) is 12.3 Å². The van der Waals surface area contributed by atoms with Crippen molar-refractivity contribution in [3.8, 4) is 11.5 Å². The van der Waals surface area contributed by atoms with Gasteiger partial charge in [-0.25, -0.2) is 4.98 Å². The summed E-state index contributed by atoms with van der Waals surface area (Å²) in [5.41, 5.74) is 0.822. The lowest BCUT2D eigenvalue weighted by Gasteiger charge is -2.35. The molecular weight excluding hydrogens is 448 g/mol. The molecule has 0 unspecified atom stereocenters. The minimum atomic E-state index is -3.67. The van der Waals surface area contributed by atoms with E-state index in [1.54, 1.807) is 38.0 Å². The van der Waals surface area contributed by atoms with Gasteiger partial charge in [-0.3, -0.25) is 4.79 Å². The van der Waals surface area contributed by atoms with Crippen LogP contribution in [0.5, 0.6) is 11.5 Å². The average Bonchev–Trinajstić information content (AvgIpc) is 3.10. The van der Waals surface area contributed by atoms with E-state index < -0.39 is 11.9 Å². The van der Waals surface area contributed by atoms with E-state index in [-0.39, 0.29) is 17.4 Å². The summed E-state index contributed by atoms with van der Waals surface area (Å²) in [5.74, 6) is 0.448. The smallest absolute Gasteiger partial charge is 0.395 e. The highest BCUT2D eigenvalue weighted by atomic mass is 19.3. The van der Waals surface area contributed by atoms with Crippen molar-refractivity contribution in [2.24, 2.45) is 0 Å². The molecule has 2 aromatic rings. The van der Waals surface area contributed by atoms with Crippen molar-refractivity contribution in [1.82, 2.24) is 9.88 Å². The van der Waals surface area contributed by atoms with E-state index in [0.29, 0.717) is 44.0 Å². The molecule has 0 atom stereocenters. The van der Waals surface area contributed by atoms with Gasteiger partial charge in [0.15, 0.2) is 11.5 Å². The van der Waals surface area contributed by atoms with Crippen molar-refractivity contribution in [2.45, 2.75) is 32.4 Å². The molecule has 0 saturated carbocycles. The van der Waals surface area contributed by atoms with Crippen LogP contribution in [0.2, 0.25) is 0 Å². The van der Waals surface area contributed by atoms with Crippen LogP contribution in [0.15, 0.2) is 36.4 Å². The molecule has 0 bridgehead atoms. The maximum absolute atomic E-state index is 13.2. The molecule has 2 aliphatic heterocycles. The number of pyridine rings is 1. The molecule has 10 heteroatoms. The molecule has 3 heterocycles. The average molecular weight is 475 g/mol. The Morgan fingerprint density at radius 2 is 1.88 bits per heavy atom. The van der Waals surface area contributed by atoms with Crippen LogP contribution in [0.4, 0.5) is 14.6 Å². The number of aromatic nitrogens is 1. The van der Waals surface area contributed by atoms with Gasteiger partial charge in [0, 0.05) is 44.9 Å². The summed E-state index contributed by atoms with van der Waals surface area (Å²) < 4.78 is 40.4. The number of hydrogen-bond donors (Lipinski definition) is 1. The summed E-state index contributed by atoms with van der Waals surface area (Å²) in [4.78, 5) is 21.1. The first-order valence-electron chi connectivity index (χ1n) is 10.9. The van der Waals surface area contributed by atoms with Crippen LogP contribution in [-0.2, 0) is 21.7 Å². The number of halogens is 2. The first-order chi connectivity index (χ1) is 16.1. The zero-order valence-electron chi connectivity index (χ0n) is 19.3. The predicted octanol–water partition coefficient (Wildman–Crippen LogP) is 3.14. The SMILES string of the molecule is COCc1ccc(N2CCN(C(=O)/C=C/c3ccc4c(c3)OC(F)(F)O4)CC2)nc1C(C)(C)O. The lowest BCUT2D eigenvalue weighted by molar-refractivity contribution is -0.286. The highest BCUT2D eigenvalue weighted by Crippen LogP contribution is 2.41. The fourth-order valence-electron chi connectivity index (χ4n) is 3.95. The number of amides is 1. The van der Waals surface area contributed by atoms with Crippen molar-refractivity contribution >= 4 is 17.8 Å². The molecule has 1 N–H and O–H groups in total. The van der Waals surface area contributed by atoms with Crippen LogP contribution in [0.1, 0.15) is 30.7 Å². The minimum Gasteiger partial charge on any atom is -0.395 e. The van der Waals surface area contributed by atoms with Crippen molar-refractivity contribution in [3.63, 3.8) is 0 Å². The summed E-state index contributed by atoms with van der Waals surface area (Å²) in [6, 6.07) is 8.15. The fourth-order valence-corrected chi connectivity index (χ4v) is 3.95. The lowest BCUT2D eigenvalue weighted by atomic mass is 9.99. The van der Waals surface area contributed by atoms with Crippen molar-refractivity contribution in [3.05, 3.63) is 53.2 Å². The highest BCUT2D eigenvalue weighted by Gasteiger charge is 2.43. The number of piperazine rings is 1. The molecule has 0 radical (unpaired) electrons. The molecule has 34 heavy (non-hydrogen) atoms. The number of hydrogen-bond acceptors (Lipinski definition) is 7. The van der Waals surface area contributed by atoms with Gasteiger partial charge in [0.25, 0.3) is 0 Å². The van der Waals surface area contributed by atoms with Crippen LogP contribution in [0, 0.1) is 0 Å². The Hall–Kier alpha value is -3.24. The Balaban J connectivity index is 1.37. The van der Waals surface area contributed by atoms with Crippen LogP contribution in [0.3, 0.4) is 0 Å². The Morgan fingerprint density at radius 3 is 2.56 bits per heavy atom. The van der Waals surface area contributed by atoms with Crippen molar-refractivity contribution in [2.75, 3.05) is 38.2 Å². The van der Waals surface area contributed by atoms with E-state index >= 15 is 0 Å². The summed E-state index contributed by atoms with van der Waals surface area (Å²) in [6.07, 6.45) is -0.706. The summed E-state index contributed by atoms with van der Waals surface area (Å²) in [6.45, 7) is 5.89. The molecule has 2 aliphatic rings. The number of carbonyl (C=O) groups excluding carboxylic acids is 1. The summed E-state index contributed by atoms with van der Waals surface area (Å²) >= 11 is 0. The molecular formula is C24H27F2N3O5. The van der Waals surface area contributed by atoms with Crippen LogP contribution < -0.4 is 14.4 Å². The molecule has 1 fully saturated rings. The first kappa shape index (κ1) is 23.9. The predicted molar refractivity (Wildman–Crippen MR) is 121 cm³/mol. The lowest BCUT2D eigenvalue weighted by Crippen LogP contribution is -2.48. The van der Waals surface area contributed by atoms with Crippen LogP contribution in [0.25, 0.3) is 6.08 Å². The van der Waals surface area contributed by atoms with Gasteiger partial charge in [0.2, 0.25) is 5.91 Å². The normalized spacial score (nSPS) is 17.5. The molecule has 1 aromatic carbocycles. The van der Waals surface area contributed by atoms with Gasteiger partial charge in [0.1, 0.15) is 11.4 Å². The molecule has 0 spiro atoms. The number of fused-ring (bicyclic) bond motifs is 1. The number of benzene rings is 1. The number of ether oxygens (including phenoxy) is 3. The highest BCUT2D eigenvalue weighted by molar-refractivity contribution is 5.92. The molecule has 1 aromatic heterocycles. The minimum absolute atomic E-state index is 0.0406. The van der Waals surface area contributed by atoms with E-state index in [9.17, 15) is 18.7 Å². The third-order valence-corrected chi connectivity index (χ3v) is 5.60. The zero-order valence-corrected chi connectivity index (χ0v) is 19.3. The first-order valence-corrected chi connectivity index (χ1v) is 10.9. The monoisotopic (exact) mass is 475 g/mol. The fraction of sp³-hybridized carbons (Fsp3) is 0.417. The maximum Gasteiger partial charge on any atom is 0.586 e. The molecule has 1 saturated heterocycles. The summed E-state index contributed by atoms with van der Waals surface area (Å²) in [7, 11) is 1.59. The third-order valence-electron chi connectivity index (χ3n) is 5.60. The molecule has 1 amide bonds. The number of methoxy groups -OCH3 is 1. The molecule has 182 valence electrons.